The number of amides is 1. The Hall–Kier alpha value is -2.38. The molecule has 0 aromatic heterocycles. The molecule has 1 N–H and O–H groups in total. The highest BCUT2D eigenvalue weighted by Crippen LogP contribution is 2.28. The topological polar surface area (TPSA) is 75.7 Å². The van der Waals surface area contributed by atoms with Crippen molar-refractivity contribution in [2.75, 3.05) is 25.5 Å². The fraction of sp³-hybridized carbons (Fsp3) is 0.409. The van der Waals surface area contributed by atoms with Crippen LogP contribution in [0.2, 0.25) is 0 Å². The molecule has 29 heavy (non-hydrogen) atoms. The first kappa shape index (κ1) is 21.3. The van der Waals surface area contributed by atoms with E-state index in [0.717, 1.165) is 24.0 Å². The number of rotatable bonds is 5. The van der Waals surface area contributed by atoms with Crippen molar-refractivity contribution in [3.63, 3.8) is 0 Å². The van der Waals surface area contributed by atoms with Crippen molar-refractivity contribution in [1.29, 1.82) is 0 Å². The van der Waals surface area contributed by atoms with Gasteiger partial charge in [-0.15, -0.1) is 0 Å². The van der Waals surface area contributed by atoms with Crippen LogP contribution >= 0.6 is 0 Å². The molecule has 0 saturated carbocycles. The van der Waals surface area contributed by atoms with E-state index >= 15 is 0 Å². The maximum atomic E-state index is 13.1. The van der Waals surface area contributed by atoms with E-state index in [0.29, 0.717) is 30.4 Å². The van der Waals surface area contributed by atoms with Gasteiger partial charge < -0.3 is 10.1 Å². The third-order valence-electron chi connectivity index (χ3n) is 5.28. The van der Waals surface area contributed by atoms with Gasteiger partial charge in [0.25, 0.3) is 5.91 Å². The molecular formula is C22H28N2O4S. The minimum Gasteiger partial charge on any atom is -0.496 e. The van der Waals surface area contributed by atoms with Crippen LogP contribution < -0.4 is 10.1 Å². The van der Waals surface area contributed by atoms with Crippen molar-refractivity contribution in [1.82, 2.24) is 4.31 Å². The number of nitrogens with zero attached hydrogens (tertiary/aromatic N) is 1. The number of piperidine rings is 1. The van der Waals surface area contributed by atoms with Crippen molar-refractivity contribution >= 4 is 21.6 Å². The van der Waals surface area contributed by atoms with Crippen molar-refractivity contribution in [2.45, 2.75) is 38.5 Å². The second kappa shape index (κ2) is 8.55. The fourth-order valence-electron chi connectivity index (χ4n) is 3.64. The molecule has 0 bridgehead atoms. The molecule has 7 heteroatoms. The number of aryl methyl sites for hydroxylation is 2. The highest BCUT2D eigenvalue weighted by Gasteiger charge is 2.29. The molecular weight excluding hydrogens is 388 g/mol. The highest BCUT2D eigenvalue weighted by molar-refractivity contribution is 7.89. The van der Waals surface area contributed by atoms with Gasteiger partial charge in [0.1, 0.15) is 5.75 Å². The van der Waals surface area contributed by atoms with Gasteiger partial charge in [-0.3, -0.25) is 4.79 Å². The summed E-state index contributed by atoms with van der Waals surface area (Å²) in [4.78, 5) is 13.0. The number of methoxy groups -OCH3 is 1. The molecule has 1 amide bonds. The molecule has 156 valence electrons. The summed E-state index contributed by atoms with van der Waals surface area (Å²) >= 11 is 0. The van der Waals surface area contributed by atoms with E-state index in [4.69, 9.17) is 4.74 Å². The van der Waals surface area contributed by atoms with Crippen molar-refractivity contribution in [3.8, 4) is 5.75 Å². The standard InChI is InChI=1S/C22H28N2O4S/c1-15-7-9-24(10-8-15)29(26,27)19-5-6-21(28-4)20(14-19)22(25)23-18-12-16(2)11-17(3)13-18/h5-6,11-15H,7-10H2,1-4H3,(H,23,25). The van der Waals surface area contributed by atoms with Crippen LogP contribution in [0.5, 0.6) is 5.75 Å². The Labute approximate surface area is 172 Å². The minimum atomic E-state index is -3.65. The lowest BCUT2D eigenvalue weighted by atomic mass is 10.0. The minimum absolute atomic E-state index is 0.110. The molecule has 0 aliphatic carbocycles. The second-order valence-electron chi connectivity index (χ2n) is 7.78. The fourth-order valence-corrected chi connectivity index (χ4v) is 5.14. The van der Waals surface area contributed by atoms with E-state index < -0.39 is 15.9 Å². The molecule has 0 unspecified atom stereocenters. The van der Waals surface area contributed by atoms with E-state index in [2.05, 4.69) is 12.2 Å². The number of hydrogen-bond donors (Lipinski definition) is 1. The Balaban J connectivity index is 1.91. The number of hydrogen-bond acceptors (Lipinski definition) is 4. The number of benzene rings is 2. The molecule has 1 fully saturated rings. The zero-order valence-electron chi connectivity index (χ0n) is 17.4. The normalized spacial score (nSPS) is 15.9. The van der Waals surface area contributed by atoms with Crippen LogP contribution in [0, 0.1) is 19.8 Å². The lowest BCUT2D eigenvalue weighted by molar-refractivity contribution is 0.102. The summed E-state index contributed by atoms with van der Waals surface area (Å²) in [6, 6.07) is 10.2. The van der Waals surface area contributed by atoms with Crippen LogP contribution in [0.1, 0.15) is 41.3 Å². The molecule has 1 saturated heterocycles. The van der Waals surface area contributed by atoms with Gasteiger partial charge in [0.15, 0.2) is 0 Å². The van der Waals surface area contributed by atoms with Gasteiger partial charge >= 0.3 is 0 Å². The maximum absolute atomic E-state index is 13.1. The molecule has 2 aromatic carbocycles. The average Bonchev–Trinajstić information content (AvgIpc) is 2.67. The van der Waals surface area contributed by atoms with Gasteiger partial charge in [0.05, 0.1) is 17.6 Å². The van der Waals surface area contributed by atoms with Crippen molar-refractivity contribution < 1.29 is 17.9 Å². The summed E-state index contributed by atoms with van der Waals surface area (Å²) in [5.74, 6) is 0.450. The molecule has 1 aliphatic rings. The Morgan fingerprint density at radius 1 is 1.07 bits per heavy atom. The predicted octanol–water partition coefficient (Wildman–Crippen LogP) is 3.98. The largest absolute Gasteiger partial charge is 0.496 e. The first-order valence-corrected chi connectivity index (χ1v) is 11.2. The molecule has 3 rings (SSSR count). The first-order valence-electron chi connectivity index (χ1n) is 9.78. The van der Waals surface area contributed by atoms with E-state index in [1.165, 1.54) is 29.6 Å². The molecule has 2 aromatic rings. The first-order chi connectivity index (χ1) is 13.7. The summed E-state index contributed by atoms with van der Waals surface area (Å²) in [6.07, 6.45) is 1.69. The Morgan fingerprint density at radius 2 is 1.69 bits per heavy atom. The van der Waals surface area contributed by atoms with Gasteiger partial charge in [-0.05, 0) is 74.1 Å². The molecule has 1 heterocycles. The van der Waals surface area contributed by atoms with E-state index in [9.17, 15) is 13.2 Å². The summed E-state index contributed by atoms with van der Waals surface area (Å²) in [7, 11) is -2.19. The number of carbonyl (C=O) groups excluding carboxylic acids is 1. The Kier molecular flexibility index (Phi) is 6.29. The molecule has 0 atom stereocenters. The zero-order valence-corrected chi connectivity index (χ0v) is 18.2. The number of nitrogens with one attached hydrogen (secondary N) is 1. The van der Waals surface area contributed by atoms with Crippen molar-refractivity contribution in [2.24, 2.45) is 5.92 Å². The number of sulfonamides is 1. The van der Waals surface area contributed by atoms with Crippen LogP contribution in [0.15, 0.2) is 41.3 Å². The van der Waals surface area contributed by atoms with Crippen LogP contribution in [0.25, 0.3) is 0 Å². The lowest BCUT2D eigenvalue weighted by Gasteiger charge is -2.29. The summed E-state index contributed by atoms with van der Waals surface area (Å²) in [6.45, 7) is 7.04. The quantitative estimate of drug-likeness (QED) is 0.800. The van der Waals surface area contributed by atoms with Gasteiger partial charge in [-0.1, -0.05) is 13.0 Å². The average molecular weight is 417 g/mol. The molecule has 6 nitrogen and oxygen atoms in total. The Bertz CT molecular complexity index is 989. The van der Waals surface area contributed by atoms with Crippen LogP contribution in [-0.4, -0.2) is 38.8 Å². The Morgan fingerprint density at radius 3 is 2.28 bits per heavy atom. The van der Waals surface area contributed by atoms with Crippen LogP contribution in [-0.2, 0) is 10.0 Å². The van der Waals surface area contributed by atoms with Crippen LogP contribution in [0.3, 0.4) is 0 Å². The summed E-state index contributed by atoms with van der Waals surface area (Å²) < 4.78 is 32.9. The number of anilines is 1. The molecule has 0 spiro atoms. The smallest absolute Gasteiger partial charge is 0.259 e. The predicted molar refractivity (Wildman–Crippen MR) is 114 cm³/mol. The van der Waals surface area contributed by atoms with Crippen LogP contribution in [0.4, 0.5) is 5.69 Å². The van der Waals surface area contributed by atoms with Gasteiger partial charge in [-0.25, -0.2) is 8.42 Å². The highest BCUT2D eigenvalue weighted by atomic mass is 32.2. The summed E-state index contributed by atoms with van der Waals surface area (Å²) in [5, 5.41) is 2.85. The zero-order chi connectivity index (χ0) is 21.2. The van der Waals surface area contributed by atoms with Crippen molar-refractivity contribution in [3.05, 3.63) is 53.1 Å². The third-order valence-corrected chi connectivity index (χ3v) is 7.17. The number of carbonyl (C=O) groups is 1. The van der Waals surface area contributed by atoms with E-state index in [1.807, 2.05) is 32.0 Å². The SMILES string of the molecule is COc1ccc(S(=O)(=O)N2CCC(C)CC2)cc1C(=O)Nc1cc(C)cc(C)c1. The maximum Gasteiger partial charge on any atom is 0.259 e. The van der Waals surface area contributed by atoms with Gasteiger partial charge in [0.2, 0.25) is 10.0 Å². The van der Waals surface area contributed by atoms with E-state index in [1.54, 1.807) is 0 Å². The van der Waals surface area contributed by atoms with Gasteiger partial charge in [-0.2, -0.15) is 4.31 Å². The molecule has 1 aliphatic heterocycles. The van der Waals surface area contributed by atoms with Gasteiger partial charge in [0, 0.05) is 18.8 Å². The van der Waals surface area contributed by atoms with E-state index in [-0.39, 0.29) is 10.5 Å². The summed E-state index contributed by atoms with van der Waals surface area (Å²) in [5.41, 5.74) is 2.91. The third kappa shape index (κ3) is 4.79. The second-order valence-corrected chi connectivity index (χ2v) is 9.72. The number of ether oxygens (including phenoxy) is 1. The lowest BCUT2D eigenvalue weighted by Crippen LogP contribution is -2.37. The molecule has 0 radical (unpaired) electrons. The monoisotopic (exact) mass is 416 g/mol.